The van der Waals surface area contributed by atoms with Crippen LogP contribution in [0.2, 0.25) is 0 Å². The normalized spacial score (nSPS) is 12.9. The predicted molar refractivity (Wildman–Crippen MR) is 106 cm³/mol. The minimum Gasteiger partial charge on any atom is -0.459 e. The summed E-state index contributed by atoms with van der Waals surface area (Å²) in [6, 6.07) is 12.7. The maximum Gasteiger partial charge on any atom is 0.252 e. The van der Waals surface area contributed by atoms with Gasteiger partial charge < -0.3 is 19.4 Å². The van der Waals surface area contributed by atoms with Crippen LogP contribution in [-0.2, 0) is 22.5 Å². The van der Waals surface area contributed by atoms with Crippen molar-refractivity contribution in [1.29, 1.82) is 0 Å². The summed E-state index contributed by atoms with van der Waals surface area (Å²) in [6.07, 6.45) is 0.734. The van der Waals surface area contributed by atoms with Crippen LogP contribution in [0.15, 0.2) is 52.9 Å². The van der Waals surface area contributed by atoms with Crippen molar-refractivity contribution in [1.82, 2.24) is 0 Å². The summed E-state index contributed by atoms with van der Waals surface area (Å²) in [7, 11) is 1.50. The van der Waals surface area contributed by atoms with Gasteiger partial charge in [-0.2, -0.15) is 0 Å². The van der Waals surface area contributed by atoms with E-state index in [0.29, 0.717) is 18.8 Å². The number of nitrogens with zero attached hydrogens (tertiary/aromatic N) is 1. The minimum absolute atomic E-state index is 0.0405. The van der Waals surface area contributed by atoms with Gasteiger partial charge in [-0.15, -0.1) is 0 Å². The van der Waals surface area contributed by atoms with Gasteiger partial charge in [-0.3, -0.25) is 4.79 Å². The first-order chi connectivity index (χ1) is 14.1. The zero-order valence-corrected chi connectivity index (χ0v) is 15.9. The molecule has 0 unspecified atom stereocenters. The summed E-state index contributed by atoms with van der Waals surface area (Å²) in [5.41, 5.74) is 2.63. The third-order valence-electron chi connectivity index (χ3n) is 4.92. The third kappa shape index (κ3) is 3.73. The average Bonchev–Trinajstić information content (AvgIpc) is 3.34. The van der Waals surface area contributed by atoms with Gasteiger partial charge in [-0.25, -0.2) is 8.78 Å². The number of carbonyl (C=O) groups excluding carboxylic acids is 1. The maximum absolute atomic E-state index is 13.9. The van der Waals surface area contributed by atoms with Crippen LogP contribution in [0.25, 0.3) is 11.3 Å². The molecule has 1 aliphatic heterocycles. The molecule has 1 aliphatic rings. The van der Waals surface area contributed by atoms with E-state index in [0.717, 1.165) is 23.4 Å². The van der Waals surface area contributed by atoms with E-state index in [1.807, 2.05) is 18.2 Å². The fraction of sp³-hybridized carbons (Fsp3) is 0.227. The highest BCUT2D eigenvalue weighted by Gasteiger charge is 2.26. The van der Waals surface area contributed by atoms with E-state index in [4.69, 9.17) is 9.15 Å². The Balaban J connectivity index is 1.50. The molecule has 1 N–H and O–H groups in total. The van der Waals surface area contributed by atoms with Crippen LogP contribution in [0, 0.1) is 11.6 Å². The standard InChI is InChI=1S/C22H20F2N2O3/c1-28-13-21(27)26-11-10-15-18(6-3-7-19(15)26)25-12-14-8-9-20(29-14)22-16(23)4-2-5-17(22)24/h2-9,25H,10-13H2,1H3. The number of methoxy groups -OCH3 is 1. The molecule has 0 saturated heterocycles. The Morgan fingerprint density at radius 1 is 1.14 bits per heavy atom. The molecule has 0 saturated carbocycles. The van der Waals surface area contributed by atoms with Crippen LogP contribution in [0.3, 0.4) is 0 Å². The molecule has 29 heavy (non-hydrogen) atoms. The molecule has 0 radical (unpaired) electrons. The van der Waals surface area contributed by atoms with Gasteiger partial charge in [0.15, 0.2) is 0 Å². The highest BCUT2D eigenvalue weighted by atomic mass is 19.1. The van der Waals surface area contributed by atoms with E-state index in [-0.39, 0.29) is 23.8 Å². The lowest BCUT2D eigenvalue weighted by Gasteiger charge is -2.17. The molecule has 5 nitrogen and oxygen atoms in total. The van der Waals surface area contributed by atoms with E-state index in [2.05, 4.69) is 5.32 Å². The molecule has 2 aromatic carbocycles. The molecule has 2 heterocycles. The number of furan rings is 1. The van der Waals surface area contributed by atoms with Crippen LogP contribution in [0.1, 0.15) is 11.3 Å². The second-order valence-corrected chi connectivity index (χ2v) is 6.75. The van der Waals surface area contributed by atoms with Crippen molar-refractivity contribution in [2.45, 2.75) is 13.0 Å². The van der Waals surface area contributed by atoms with Crippen molar-refractivity contribution in [3.05, 3.63) is 71.5 Å². The Hall–Kier alpha value is -3.19. The summed E-state index contributed by atoms with van der Waals surface area (Å²) < 4.78 is 38.5. The van der Waals surface area contributed by atoms with Crippen molar-refractivity contribution < 1.29 is 22.7 Å². The van der Waals surface area contributed by atoms with Gasteiger partial charge in [-0.05, 0) is 42.8 Å². The Morgan fingerprint density at radius 2 is 1.90 bits per heavy atom. The average molecular weight is 398 g/mol. The van der Waals surface area contributed by atoms with Gasteiger partial charge in [-0.1, -0.05) is 12.1 Å². The highest BCUT2D eigenvalue weighted by Crippen LogP contribution is 2.34. The van der Waals surface area contributed by atoms with Crippen LogP contribution in [0.4, 0.5) is 20.2 Å². The molecular formula is C22H20F2N2O3. The van der Waals surface area contributed by atoms with Gasteiger partial charge >= 0.3 is 0 Å². The molecular weight excluding hydrogens is 378 g/mol. The van der Waals surface area contributed by atoms with Crippen LogP contribution < -0.4 is 10.2 Å². The summed E-state index contributed by atoms with van der Waals surface area (Å²) in [6.45, 7) is 0.991. The summed E-state index contributed by atoms with van der Waals surface area (Å²) in [5.74, 6) is -0.718. The number of hydrogen-bond acceptors (Lipinski definition) is 4. The number of carbonyl (C=O) groups is 1. The molecule has 0 aliphatic carbocycles. The largest absolute Gasteiger partial charge is 0.459 e. The molecule has 4 rings (SSSR count). The first kappa shape index (κ1) is 19.1. The Bertz CT molecular complexity index is 1030. The van der Waals surface area contributed by atoms with E-state index in [9.17, 15) is 13.6 Å². The van der Waals surface area contributed by atoms with E-state index < -0.39 is 11.6 Å². The fourth-order valence-electron chi connectivity index (χ4n) is 3.58. The van der Waals surface area contributed by atoms with Crippen molar-refractivity contribution in [2.75, 3.05) is 30.5 Å². The van der Waals surface area contributed by atoms with Crippen LogP contribution in [0.5, 0.6) is 0 Å². The number of amides is 1. The summed E-state index contributed by atoms with van der Waals surface area (Å²) in [5, 5.41) is 3.30. The van der Waals surface area contributed by atoms with Gasteiger partial charge in [0.25, 0.3) is 5.91 Å². The zero-order chi connectivity index (χ0) is 20.4. The smallest absolute Gasteiger partial charge is 0.252 e. The Morgan fingerprint density at radius 3 is 2.66 bits per heavy atom. The number of hydrogen-bond donors (Lipinski definition) is 1. The Kier molecular flexibility index (Phi) is 5.31. The lowest BCUT2D eigenvalue weighted by atomic mass is 10.1. The van der Waals surface area contributed by atoms with Gasteiger partial charge in [0.1, 0.15) is 29.8 Å². The molecule has 0 atom stereocenters. The van der Waals surface area contributed by atoms with Crippen molar-refractivity contribution in [3.63, 3.8) is 0 Å². The topological polar surface area (TPSA) is 54.7 Å². The molecule has 150 valence electrons. The number of rotatable bonds is 6. The number of fused-ring (bicyclic) bond motifs is 1. The molecule has 1 amide bonds. The van der Waals surface area contributed by atoms with E-state index in [1.165, 1.54) is 25.3 Å². The van der Waals surface area contributed by atoms with Gasteiger partial charge in [0.2, 0.25) is 0 Å². The molecule has 0 spiro atoms. The second-order valence-electron chi connectivity index (χ2n) is 6.75. The number of ether oxygens (including phenoxy) is 1. The molecule has 0 fully saturated rings. The molecule has 1 aromatic heterocycles. The van der Waals surface area contributed by atoms with Crippen molar-refractivity contribution in [2.24, 2.45) is 0 Å². The Labute approximate surface area is 166 Å². The van der Waals surface area contributed by atoms with Crippen LogP contribution in [-0.4, -0.2) is 26.2 Å². The number of benzene rings is 2. The quantitative estimate of drug-likeness (QED) is 0.670. The van der Waals surface area contributed by atoms with E-state index in [1.54, 1.807) is 17.0 Å². The van der Waals surface area contributed by atoms with Crippen molar-refractivity contribution >= 4 is 17.3 Å². The van der Waals surface area contributed by atoms with Crippen molar-refractivity contribution in [3.8, 4) is 11.3 Å². The summed E-state index contributed by atoms with van der Waals surface area (Å²) in [4.78, 5) is 13.9. The summed E-state index contributed by atoms with van der Waals surface area (Å²) >= 11 is 0. The molecule has 3 aromatic rings. The third-order valence-corrected chi connectivity index (χ3v) is 4.92. The first-order valence-electron chi connectivity index (χ1n) is 9.26. The first-order valence-corrected chi connectivity index (χ1v) is 9.26. The molecule has 7 heteroatoms. The van der Waals surface area contributed by atoms with Gasteiger partial charge in [0.05, 0.1) is 12.1 Å². The van der Waals surface area contributed by atoms with Crippen LogP contribution >= 0.6 is 0 Å². The van der Waals surface area contributed by atoms with Gasteiger partial charge in [0, 0.05) is 30.6 Å². The highest BCUT2D eigenvalue weighted by molar-refractivity contribution is 5.97. The molecule has 0 bridgehead atoms. The zero-order valence-electron chi connectivity index (χ0n) is 15.9. The maximum atomic E-state index is 13.9. The SMILES string of the molecule is COCC(=O)N1CCc2c(NCc3ccc(-c4c(F)cccc4F)o3)cccc21. The lowest BCUT2D eigenvalue weighted by Crippen LogP contribution is -2.31. The lowest BCUT2D eigenvalue weighted by molar-refractivity contribution is -0.122. The number of anilines is 2. The minimum atomic E-state index is -0.666. The van der Waals surface area contributed by atoms with E-state index >= 15 is 0 Å². The fourth-order valence-corrected chi connectivity index (χ4v) is 3.58. The number of halogens is 2. The second kappa shape index (κ2) is 8.05. The monoisotopic (exact) mass is 398 g/mol. The number of nitrogens with one attached hydrogen (secondary N) is 1. The predicted octanol–water partition coefficient (Wildman–Crippen LogP) is 4.37.